The van der Waals surface area contributed by atoms with Crippen LogP contribution in [0.3, 0.4) is 0 Å². The highest BCUT2D eigenvalue weighted by molar-refractivity contribution is 6.07. The number of nitrogens with zero attached hydrogens (tertiary/aromatic N) is 1. The molecule has 0 aliphatic carbocycles. The Balaban J connectivity index is 1.55. The molecular weight excluding hydrogens is 388 g/mol. The van der Waals surface area contributed by atoms with Gasteiger partial charge in [-0.3, -0.25) is 9.69 Å². The van der Waals surface area contributed by atoms with E-state index in [1.165, 1.54) is 4.90 Å². The van der Waals surface area contributed by atoms with Crippen molar-refractivity contribution in [3.8, 4) is 5.75 Å². The van der Waals surface area contributed by atoms with Crippen LogP contribution in [-0.4, -0.2) is 30.0 Å². The zero-order valence-electron chi connectivity index (χ0n) is 17.8. The summed E-state index contributed by atoms with van der Waals surface area (Å²) in [5, 5.41) is 2.98. The molecule has 0 aromatic heterocycles. The molecule has 1 atom stereocenters. The van der Waals surface area contributed by atoms with E-state index in [-0.39, 0.29) is 19.1 Å². The Bertz CT molecular complexity index is 1060. The molecule has 158 valence electrons. The monoisotopic (exact) mass is 414 g/mol. The summed E-state index contributed by atoms with van der Waals surface area (Å²) in [6, 6.07) is 24.7. The van der Waals surface area contributed by atoms with E-state index in [4.69, 9.17) is 4.74 Å². The number of aryl methyl sites for hydroxylation is 2. The molecule has 0 unspecified atom stereocenters. The Hall–Kier alpha value is -3.60. The molecule has 0 radical (unpaired) electrons. The first kappa shape index (κ1) is 20.7. The fourth-order valence-electron chi connectivity index (χ4n) is 4.14. The van der Waals surface area contributed by atoms with Crippen molar-refractivity contribution in [1.29, 1.82) is 0 Å². The minimum absolute atomic E-state index is 0.182. The van der Waals surface area contributed by atoms with Crippen molar-refractivity contribution in [2.45, 2.75) is 25.8 Å². The predicted molar refractivity (Wildman–Crippen MR) is 120 cm³/mol. The first-order valence-corrected chi connectivity index (χ1v) is 10.4. The second kappa shape index (κ2) is 8.64. The molecule has 3 amide bonds. The van der Waals surface area contributed by atoms with Crippen molar-refractivity contribution in [2.75, 3.05) is 13.2 Å². The van der Waals surface area contributed by atoms with E-state index in [0.29, 0.717) is 6.42 Å². The van der Waals surface area contributed by atoms with Crippen LogP contribution in [0.25, 0.3) is 0 Å². The normalized spacial score (nSPS) is 18.2. The van der Waals surface area contributed by atoms with Gasteiger partial charge in [0.15, 0.2) is 5.54 Å². The van der Waals surface area contributed by atoms with Gasteiger partial charge in [-0.1, -0.05) is 66.7 Å². The van der Waals surface area contributed by atoms with E-state index < -0.39 is 11.6 Å². The zero-order chi connectivity index (χ0) is 21.8. The molecular formula is C26H26N2O3. The lowest BCUT2D eigenvalue weighted by Gasteiger charge is -2.27. The lowest BCUT2D eigenvalue weighted by atomic mass is 9.83. The summed E-state index contributed by atoms with van der Waals surface area (Å²) < 4.78 is 5.84. The first-order chi connectivity index (χ1) is 15.0. The van der Waals surface area contributed by atoms with Crippen LogP contribution in [0.15, 0.2) is 78.9 Å². The van der Waals surface area contributed by atoms with Crippen LogP contribution in [-0.2, 0) is 16.8 Å². The summed E-state index contributed by atoms with van der Waals surface area (Å²) in [6.07, 6.45) is 0.386. The molecule has 3 aromatic rings. The first-order valence-electron chi connectivity index (χ1n) is 10.4. The highest BCUT2D eigenvalue weighted by Gasteiger charge is 2.52. The largest absolute Gasteiger partial charge is 0.492 e. The van der Waals surface area contributed by atoms with Gasteiger partial charge in [-0.25, -0.2) is 4.79 Å². The van der Waals surface area contributed by atoms with Gasteiger partial charge in [-0.05, 0) is 48.2 Å². The summed E-state index contributed by atoms with van der Waals surface area (Å²) in [7, 11) is 0. The van der Waals surface area contributed by atoms with Crippen LogP contribution in [0, 0.1) is 13.8 Å². The number of hydrogen-bond acceptors (Lipinski definition) is 3. The highest BCUT2D eigenvalue weighted by atomic mass is 16.5. The topological polar surface area (TPSA) is 58.6 Å². The van der Waals surface area contributed by atoms with E-state index in [1.807, 2.05) is 86.6 Å². The van der Waals surface area contributed by atoms with Crippen molar-refractivity contribution >= 4 is 11.9 Å². The van der Waals surface area contributed by atoms with Gasteiger partial charge in [0.1, 0.15) is 12.4 Å². The average molecular weight is 415 g/mol. The average Bonchev–Trinajstić information content (AvgIpc) is 2.99. The Morgan fingerprint density at radius 1 is 0.871 bits per heavy atom. The molecule has 1 aliphatic heterocycles. The molecule has 3 aromatic carbocycles. The van der Waals surface area contributed by atoms with Gasteiger partial charge in [0, 0.05) is 6.42 Å². The number of urea groups is 1. The summed E-state index contributed by atoms with van der Waals surface area (Å²) >= 11 is 0. The van der Waals surface area contributed by atoms with Crippen LogP contribution >= 0.6 is 0 Å². The van der Waals surface area contributed by atoms with E-state index in [1.54, 1.807) is 0 Å². The number of carbonyl (C=O) groups is 2. The molecule has 1 heterocycles. The van der Waals surface area contributed by atoms with Crippen LogP contribution in [0.4, 0.5) is 4.79 Å². The standard InChI is InChI=1S/C26H26N2O3/c1-19-15-20(2)17-23(16-19)31-14-13-28-24(29)26(27-25(28)30,22-11-7-4-8-12-22)18-21-9-5-3-6-10-21/h3-12,15-17H,13-14,18H2,1-2H3,(H,27,30)/t26-/m0/s1. The maximum absolute atomic E-state index is 13.6. The number of amides is 3. The third kappa shape index (κ3) is 4.31. The number of ether oxygens (including phenoxy) is 1. The third-order valence-corrected chi connectivity index (χ3v) is 5.53. The highest BCUT2D eigenvalue weighted by Crippen LogP contribution is 2.33. The molecule has 31 heavy (non-hydrogen) atoms. The Morgan fingerprint density at radius 2 is 1.48 bits per heavy atom. The van der Waals surface area contributed by atoms with Crippen LogP contribution in [0.5, 0.6) is 5.75 Å². The van der Waals surface area contributed by atoms with Crippen molar-refractivity contribution < 1.29 is 14.3 Å². The summed E-state index contributed by atoms with van der Waals surface area (Å²) in [5.41, 5.74) is 2.84. The number of imide groups is 1. The molecule has 0 saturated carbocycles. The minimum atomic E-state index is -1.13. The number of hydrogen-bond donors (Lipinski definition) is 1. The van der Waals surface area contributed by atoms with Crippen molar-refractivity contribution in [2.24, 2.45) is 0 Å². The summed E-state index contributed by atoms with van der Waals surface area (Å²) in [4.78, 5) is 27.7. The van der Waals surface area contributed by atoms with E-state index >= 15 is 0 Å². The third-order valence-electron chi connectivity index (χ3n) is 5.53. The van der Waals surface area contributed by atoms with E-state index in [9.17, 15) is 9.59 Å². The van der Waals surface area contributed by atoms with Gasteiger partial charge in [-0.15, -0.1) is 0 Å². The molecule has 1 fully saturated rings. The minimum Gasteiger partial charge on any atom is -0.492 e. The molecule has 5 nitrogen and oxygen atoms in total. The van der Waals surface area contributed by atoms with Gasteiger partial charge in [-0.2, -0.15) is 0 Å². The lowest BCUT2D eigenvalue weighted by molar-refractivity contribution is -0.131. The second-order valence-electron chi connectivity index (χ2n) is 7.99. The van der Waals surface area contributed by atoms with E-state index in [2.05, 4.69) is 11.4 Å². The molecule has 1 N–H and O–H groups in total. The smallest absolute Gasteiger partial charge is 0.325 e. The van der Waals surface area contributed by atoms with Gasteiger partial charge in [0.05, 0.1) is 6.54 Å². The second-order valence-corrected chi connectivity index (χ2v) is 7.99. The van der Waals surface area contributed by atoms with Crippen LogP contribution in [0.2, 0.25) is 0 Å². The number of nitrogens with one attached hydrogen (secondary N) is 1. The number of carbonyl (C=O) groups excluding carboxylic acids is 2. The van der Waals surface area contributed by atoms with Gasteiger partial charge >= 0.3 is 6.03 Å². The van der Waals surface area contributed by atoms with Crippen molar-refractivity contribution in [3.05, 3.63) is 101 Å². The maximum Gasteiger partial charge on any atom is 0.325 e. The molecule has 1 aliphatic rings. The van der Waals surface area contributed by atoms with Gasteiger partial charge in [0.25, 0.3) is 5.91 Å². The molecule has 4 rings (SSSR count). The molecule has 1 saturated heterocycles. The van der Waals surface area contributed by atoms with Gasteiger partial charge < -0.3 is 10.1 Å². The van der Waals surface area contributed by atoms with Crippen LogP contribution in [0.1, 0.15) is 22.3 Å². The molecule has 0 bridgehead atoms. The Kier molecular flexibility index (Phi) is 5.76. The Labute approximate surface area is 182 Å². The summed E-state index contributed by atoms with van der Waals surface area (Å²) in [6.45, 7) is 4.43. The van der Waals surface area contributed by atoms with E-state index in [0.717, 1.165) is 28.0 Å². The number of rotatable bonds is 7. The fraction of sp³-hybridized carbons (Fsp3) is 0.231. The summed E-state index contributed by atoms with van der Waals surface area (Å²) in [5.74, 6) is 0.486. The van der Waals surface area contributed by atoms with Crippen molar-refractivity contribution in [3.63, 3.8) is 0 Å². The van der Waals surface area contributed by atoms with Crippen LogP contribution < -0.4 is 10.1 Å². The predicted octanol–water partition coefficient (Wildman–Crippen LogP) is 4.37. The maximum atomic E-state index is 13.6. The zero-order valence-corrected chi connectivity index (χ0v) is 17.8. The molecule has 5 heteroatoms. The molecule has 0 spiro atoms. The quantitative estimate of drug-likeness (QED) is 0.584. The SMILES string of the molecule is Cc1cc(C)cc(OCCN2C(=O)N[C@@](Cc3ccccc3)(c3ccccc3)C2=O)c1. The van der Waals surface area contributed by atoms with Gasteiger partial charge in [0.2, 0.25) is 0 Å². The number of benzene rings is 3. The lowest BCUT2D eigenvalue weighted by Crippen LogP contribution is -2.46. The fourth-order valence-corrected chi connectivity index (χ4v) is 4.14. The Morgan fingerprint density at radius 3 is 2.13 bits per heavy atom. The van der Waals surface area contributed by atoms with Crippen molar-refractivity contribution in [1.82, 2.24) is 10.2 Å².